The molecule has 0 fully saturated rings. The minimum absolute atomic E-state index is 0.256. The minimum Gasteiger partial charge on any atom is -0.469 e. The highest BCUT2D eigenvalue weighted by Crippen LogP contribution is 2.20. The first-order chi connectivity index (χ1) is 8.08. The van der Waals surface area contributed by atoms with E-state index >= 15 is 0 Å². The number of halogens is 1. The lowest BCUT2D eigenvalue weighted by atomic mass is 10.1. The van der Waals surface area contributed by atoms with Gasteiger partial charge in [-0.3, -0.25) is 4.79 Å². The highest BCUT2D eigenvalue weighted by atomic mass is 79.9. The van der Waals surface area contributed by atoms with Gasteiger partial charge in [-0.05, 0) is 24.1 Å². The molecule has 0 aliphatic heterocycles. The van der Waals surface area contributed by atoms with Crippen LogP contribution in [0.15, 0.2) is 22.7 Å². The van der Waals surface area contributed by atoms with Crippen molar-refractivity contribution in [3.8, 4) is 0 Å². The van der Waals surface area contributed by atoms with Crippen LogP contribution in [0, 0.1) is 0 Å². The Kier molecular flexibility index (Phi) is 5.15. The molecule has 5 heteroatoms. The second-order valence-corrected chi connectivity index (χ2v) is 4.23. The van der Waals surface area contributed by atoms with Gasteiger partial charge < -0.3 is 9.47 Å². The number of hydrogen-bond donors (Lipinski definition) is 0. The lowest BCUT2D eigenvalue weighted by molar-refractivity contribution is -0.140. The summed E-state index contributed by atoms with van der Waals surface area (Å²) in [5, 5.41) is 0. The van der Waals surface area contributed by atoms with Crippen molar-refractivity contribution < 1.29 is 19.1 Å². The Bertz CT molecular complexity index is 429. The molecule has 0 aliphatic carbocycles. The van der Waals surface area contributed by atoms with E-state index in [9.17, 15) is 9.59 Å². The summed E-state index contributed by atoms with van der Waals surface area (Å²) < 4.78 is 9.96. The molecule has 1 aromatic rings. The van der Waals surface area contributed by atoms with Crippen LogP contribution in [0.4, 0.5) is 0 Å². The molecule has 0 aromatic heterocycles. The van der Waals surface area contributed by atoms with E-state index in [2.05, 4.69) is 25.4 Å². The van der Waals surface area contributed by atoms with Crippen molar-refractivity contribution in [3.63, 3.8) is 0 Å². The fourth-order valence-electron chi connectivity index (χ4n) is 1.33. The Balaban J connectivity index is 2.76. The summed E-state index contributed by atoms with van der Waals surface area (Å²) in [5.41, 5.74) is 1.42. The molecule has 1 rings (SSSR count). The van der Waals surface area contributed by atoms with Gasteiger partial charge in [0.05, 0.1) is 19.8 Å². The summed E-state index contributed by atoms with van der Waals surface area (Å²) in [7, 11) is 2.69. The van der Waals surface area contributed by atoms with Gasteiger partial charge in [0.1, 0.15) is 0 Å². The highest BCUT2D eigenvalue weighted by molar-refractivity contribution is 9.10. The standard InChI is InChI=1S/C12H13BrO4/c1-16-11(14)6-5-8-3-4-9(7-10(8)13)12(15)17-2/h3-4,7H,5-6H2,1-2H3. The second kappa shape index (κ2) is 6.39. The molecule has 0 aliphatic rings. The van der Waals surface area contributed by atoms with Gasteiger partial charge in [0.2, 0.25) is 0 Å². The summed E-state index contributed by atoms with van der Waals surface area (Å²) >= 11 is 3.36. The van der Waals surface area contributed by atoms with Gasteiger partial charge in [-0.1, -0.05) is 22.0 Å². The Morgan fingerprint density at radius 3 is 2.47 bits per heavy atom. The number of carbonyl (C=O) groups is 2. The van der Waals surface area contributed by atoms with Crippen molar-refractivity contribution in [1.82, 2.24) is 0 Å². The van der Waals surface area contributed by atoms with Gasteiger partial charge in [0, 0.05) is 10.9 Å². The van der Waals surface area contributed by atoms with Gasteiger partial charge in [-0.2, -0.15) is 0 Å². The van der Waals surface area contributed by atoms with E-state index in [0.717, 1.165) is 10.0 Å². The summed E-state index contributed by atoms with van der Waals surface area (Å²) in [4.78, 5) is 22.3. The van der Waals surface area contributed by atoms with E-state index < -0.39 is 0 Å². The number of methoxy groups -OCH3 is 2. The number of benzene rings is 1. The van der Waals surface area contributed by atoms with E-state index in [4.69, 9.17) is 0 Å². The van der Waals surface area contributed by atoms with Crippen LogP contribution in [0.25, 0.3) is 0 Å². The Morgan fingerprint density at radius 2 is 1.94 bits per heavy atom. The van der Waals surface area contributed by atoms with Crippen molar-refractivity contribution in [2.75, 3.05) is 14.2 Å². The summed E-state index contributed by atoms with van der Waals surface area (Å²) in [6.45, 7) is 0. The molecule has 0 radical (unpaired) electrons. The largest absolute Gasteiger partial charge is 0.469 e. The van der Waals surface area contributed by atoms with Crippen molar-refractivity contribution in [2.24, 2.45) is 0 Å². The molecule has 0 atom stereocenters. The topological polar surface area (TPSA) is 52.6 Å². The number of rotatable bonds is 4. The van der Waals surface area contributed by atoms with E-state index in [1.54, 1.807) is 18.2 Å². The third-order valence-corrected chi connectivity index (χ3v) is 3.04. The third kappa shape index (κ3) is 3.85. The summed E-state index contributed by atoms with van der Waals surface area (Å²) in [6.07, 6.45) is 0.876. The van der Waals surface area contributed by atoms with Crippen LogP contribution in [-0.4, -0.2) is 26.2 Å². The lowest BCUT2D eigenvalue weighted by Crippen LogP contribution is -2.04. The highest BCUT2D eigenvalue weighted by Gasteiger charge is 2.09. The molecule has 0 N–H and O–H groups in total. The zero-order valence-electron chi connectivity index (χ0n) is 9.66. The van der Waals surface area contributed by atoms with Gasteiger partial charge in [-0.15, -0.1) is 0 Å². The van der Waals surface area contributed by atoms with Crippen LogP contribution in [0.2, 0.25) is 0 Å². The van der Waals surface area contributed by atoms with Crippen LogP contribution in [0.3, 0.4) is 0 Å². The van der Waals surface area contributed by atoms with E-state index in [-0.39, 0.29) is 11.9 Å². The average molecular weight is 301 g/mol. The molecule has 0 heterocycles. The third-order valence-electron chi connectivity index (χ3n) is 2.30. The van der Waals surface area contributed by atoms with Crippen LogP contribution in [0.1, 0.15) is 22.3 Å². The molecule has 1 aromatic carbocycles. The molecule has 0 saturated carbocycles. The number of hydrogen-bond acceptors (Lipinski definition) is 4. The van der Waals surface area contributed by atoms with E-state index in [1.165, 1.54) is 14.2 Å². The van der Waals surface area contributed by atoms with Crippen LogP contribution in [-0.2, 0) is 20.7 Å². The van der Waals surface area contributed by atoms with Crippen LogP contribution in [0.5, 0.6) is 0 Å². The molecule has 4 nitrogen and oxygen atoms in total. The first-order valence-corrected chi connectivity index (χ1v) is 5.81. The van der Waals surface area contributed by atoms with Crippen molar-refractivity contribution in [1.29, 1.82) is 0 Å². The SMILES string of the molecule is COC(=O)CCc1ccc(C(=O)OC)cc1Br. The predicted molar refractivity (Wildman–Crippen MR) is 65.8 cm³/mol. The van der Waals surface area contributed by atoms with Gasteiger partial charge in [0.15, 0.2) is 0 Å². The average Bonchev–Trinajstić information content (AvgIpc) is 2.35. The first kappa shape index (κ1) is 13.7. The predicted octanol–water partition coefficient (Wildman–Crippen LogP) is 2.34. The Hall–Kier alpha value is -1.36. The second-order valence-electron chi connectivity index (χ2n) is 3.37. The fraction of sp³-hybridized carbons (Fsp3) is 0.333. The maximum Gasteiger partial charge on any atom is 0.337 e. The number of aryl methyl sites for hydroxylation is 1. The zero-order valence-corrected chi connectivity index (χ0v) is 11.2. The monoisotopic (exact) mass is 300 g/mol. The number of ether oxygens (including phenoxy) is 2. The summed E-state index contributed by atoms with van der Waals surface area (Å²) in [5.74, 6) is -0.640. The first-order valence-electron chi connectivity index (χ1n) is 5.02. The lowest BCUT2D eigenvalue weighted by Gasteiger charge is -2.06. The molecule has 0 saturated heterocycles. The normalized spacial score (nSPS) is 9.82. The maximum absolute atomic E-state index is 11.3. The van der Waals surface area contributed by atoms with Crippen LogP contribution < -0.4 is 0 Å². The Morgan fingerprint density at radius 1 is 1.24 bits per heavy atom. The minimum atomic E-state index is -0.384. The van der Waals surface area contributed by atoms with Crippen LogP contribution >= 0.6 is 15.9 Å². The van der Waals surface area contributed by atoms with Crippen molar-refractivity contribution >= 4 is 27.9 Å². The maximum atomic E-state index is 11.3. The Labute approximate surface area is 108 Å². The van der Waals surface area contributed by atoms with Gasteiger partial charge >= 0.3 is 11.9 Å². The zero-order chi connectivity index (χ0) is 12.8. The molecule has 0 amide bonds. The fourth-order valence-corrected chi connectivity index (χ4v) is 1.91. The van der Waals surface area contributed by atoms with Crippen molar-refractivity contribution in [2.45, 2.75) is 12.8 Å². The van der Waals surface area contributed by atoms with Gasteiger partial charge in [0.25, 0.3) is 0 Å². The number of esters is 2. The molecular weight excluding hydrogens is 288 g/mol. The molecule has 92 valence electrons. The van der Waals surface area contributed by atoms with Gasteiger partial charge in [-0.25, -0.2) is 4.79 Å². The van der Waals surface area contributed by atoms with E-state index in [1.807, 2.05) is 0 Å². The van der Waals surface area contributed by atoms with Crippen molar-refractivity contribution in [3.05, 3.63) is 33.8 Å². The molecule has 0 bridgehead atoms. The molecule has 17 heavy (non-hydrogen) atoms. The molecule has 0 spiro atoms. The molecular formula is C12H13BrO4. The summed E-state index contributed by atoms with van der Waals surface area (Å²) in [6, 6.07) is 5.14. The quantitative estimate of drug-likeness (QED) is 0.801. The van der Waals surface area contributed by atoms with E-state index in [0.29, 0.717) is 18.4 Å². The smallest absolute Gasteiger partial charge is 0.337 e. The number of carbonyl (C=O) groups excluding carboxylic acids is 2. The molecule has 0 unspecified atom stereocenters.